The molecule has 0 aliphatic carbocycles. The van der Waals surface area contributed by atoms with E-state index in [1.807, 2.05) is 72.8 Å². The molecular weight excluding hydrogens is 442 g/mol. The summed E-state index contributed by atoms with van der Waals surface area (Å²) in [6.07, 6.45) is 4.68. The zero-order valence-corrected chi connectivity index (χ0v) is 19.9. The normalized spacial score (nSPS) is 23.9. The van der Waals surface area contributed by atoms with Crippen LogP contribution in [-0.4, -0.2) is 70.7 Å². The Morgan fingerprint density at radius 1 is 0.800 bits per heavy atom. The van der Waals surface area contributed by atoms with Crippen LogP contribution in [0.5, 0.6) is 11.5 Å². The second kappa shape index (κ2) is 13.2. The minimum atomic E-state index is -0.267. The summed E-state index contributed by atoms with van der Waals surface area (Å²) in [6, 6.07) is 24.1. The number of hydrogen-bond acceptors (Lipinski definition) is 7. The molecule has 3 N–H and O–H groups in total. The monoisotopic (exact) mass is 477 g/mol. The number of aromatic nitrogens is 1. The van der Waals surface area contributed by atoms with E-state index >= 15 is 0 Å². The predicted molar refractivity (Wildman–Crippen MR) is 135 cm³/mol. The lowest BCUT2D eigenvalue weighted by atomic mass is 10.2. The first-order valence-corrected chi connectivity index (χ1v) is 12.2. The standard InChI is InChI=1S/C17H20N2O2.C11H15NO2/c20-16-10-15(13-21-17-4-2-1-3-5-17)19(12-16)11-14-6-8-18-9-7-14;13-10-6-9(12-7-10)8-14-11-4-2-1-3-5-11/h1-9,15-16,20H,10-13H2;1-5,9-10,12-13H,6-8H2/t15-,16+;9-,10+/m00/s1. The summed E-state index contributed by atoms with van der Waals surface area (Å²) >= 11 is 0. The van der Waals surface area contributed by atoms with Gasteiger partial charge in [0, 0.05) is 44.1 Å². The zero-order valence-electron chi connectivity index (χ0n) is 19.9. The number of nitrogens with one attached hydrogen (secondary N) is 1. The Morgan fingerprint density at radius 3 is 2.03 bits per heavy atom. The molecule has 35 heavy (non-hydrogen) atoms. The molecule has 0 spiro atoms. The second-order valence-electron chi connectivity index (χ2n) is 9.07. The molecule has 7 nitrogen and oxygen atoms in total. The molecule has 5 rings (SSSR count). The van der Waals surface area contributed by atoms with E-state index in [9.17, 15) is 10.2 Å². The Balaban J connectivity index is 0.000000179. The summed E-state index contributed by atoms with van der Waals surface area (Å²) in [5.74, 6) is 1.76. The van der Waals surface area contributed by atoms with Crippen molar-refractivity contribution < 1.29 is 19.7 Å². The fraction of sp³-hybridized carbons (Fsp3) is 0.393. The van der Waals surface area contributed by atoms with E-state index in [1.165, 1.54) is 5.56 Å². The van der Waals surface area contributed by atoms with Gasteiger partial charge in [-0.05, 0) is 54.8 Å². The topological polar surface area (TPSA) is 87.1 Å². The minimum absolute atomic E-state index is 0.209. The Morgan fingerprint density at radius 2 is 1.43 bits per heavy atom. The van der Waals surface area contributed by atoms with E-state index in [0.717, 1.165) is 30.9 Å². The molecule has 7 heteroatoms. The quantitative estimate of drug-likeness (QED) is 0.460. The van der Waals surface area contributed by atoms with Gasteiger partial charge in [0.05, 0.1) is 12.2 Å². The largest absolute Gasteiger partial charge is 0.492 e. The van der Waals surface area contributed by atoms with Gasteiger partial charge in [0.25, 0.3) is 0 Å². The maximum absolute atomic E-state index is 9.94. The summed E-state index contributed by atoms with van der Waals surface area (Å²) in [5, 5.41) is 22.4. The molecule has 3 heterocycles. The number of aliphatic hydroxyl groups excluding tert-OH is 2. The first-order chi connectivity index (χ1) is 17.2. The van der Waals surface area contributed by atoms with Crippen LogP contribution >= 0.6 is 0 Å². The molecule has 4 atom stereocenters. The molecule has 2 aromatic carbocycles. The van der Waals surface area contributed by atoms with Gasteiger partial charge < -0.3 is 25.0 Å². The number of hydrogen-bond donors (Lipinski definition) is 3. The van der Waals surface area contributed by atoms with Gasteiger partial charge in [-0.15, -0.1) is 0 Å². The Kier molecular flexibility index (Phi) is 9.48. The third-order valence-electron chi connectivity index (χ3n) is 6.22. The molecule has 2 aliphatic heterocycles. The molecule has 2 saturated heterocycles. The highest BCUT2D eigenvalue weighted by atomic mass is 16.5. The average Bonchev–Trinajstić information content (AvgIpc) is 3.48. The summed E-state index contributed by atoms with van der Waals surface area (Å²) in [4.78, 5) is 6.32. The Labute approximate surface area is 207 Å². The lowest BCUT2D eigenvalue weighted by Crippen LogP contribution is -2.33. The molecule has 1 aromatic heterocycles. The van der Waals surface area contributed by atoms with Crippen LogP contribution in [0.15, 0.2) is 85.2 Å². The van der Waals surface area contributed by atoms with Gasteiger partial charge in [0.2, 0.25) is 0 Å². The molecule has 0 amide bonds. The van der Waals surface area contributed by atoms with Crippen molar-refractivity contribution in [2.24, 2.45) is 0 Å². The summed E-state index contributed by atoms with van der Waals surface area (Å²) in [5.41, 5.74) is 1.21. The summed E-state index contributed by atoms with van der Waals surface area (Å²) in [6.45, 7) is 3.43. The molecule has 2 aliphatic rings. The van der Waals surface area contributed by atoms with Crippen molar-refractivity contribution in [1.82, 2.24) is 15.2 Å². The SMILES string of the molecule is O[C@@H]1C[C@@H](COc2ccccc2)N(Cc2ccncc2)C1.O[C@H]1CN[C@H](COc2ccccc2)C1. The van der Waals surface area contributed by atoms with Gasteiger partial charge in [-0.1, -0.05) is 36.4 Å². The van der Waals surface area contributed by atoms with Crippen molar-refractivity contribution in [2.45, 2.75) is 43.7 Å². The van der Waals surface area contributed by atoms with E-state index in [2.05, 4.69) is 15.2 Å². The Hall–Kier alpha value is -2.97. The van der Waals surface area contributed by atoms with Crippen molar-refractivity contribution in [3.05, 3.63) is 90.8 Å². The summed E-state index contributed by atoms with van der Waals surface area (Å²) in [7, 11) is 0. The maximum Gasteiger partial charge on any atom is 0.119 e. The van der Waals surface area contributed by atoms with E-state index in [4.69, 9.17) is 9.47 Å². The molecular formula is C28H35N3O4. The smallest absolute Gasteiger partial charge is 0.119 e. The third-order valence-corrected chi connectivity index (χ3v) is 6.22. The zero-order chi connectivity index (χ0) is 24.3. The van der Waals surface area contributed by atoms with Gasteiger partial charge in [0.1, 0.15) is 24.7 Å². The molecule has 0 unspecified atom stereocenters. The molecule has 186 valence electrons. The van der Waals surface area contributed by atoms with Gasteiger partial charge in [-0.2, -0.15) is 0 Å². The van der Waals surface area contributed by atoms with E-state index in [1.54, 1.807) is 12.4 Å². The van der Waals surface area contributed by atoms with Crippen LogP contribution in [-0.2, 0) is 6.54 Å². The number of aliphatic hydroxyl groups is 2. The molecule has 0 bridgehead atoms. The maximum atomic E-state index is 9.94. The fourth-order valence-electron chi connectivity index (χ4n) is 4.39. The summed E-state index contributed by atoms with van der Waals surface area (Å²) < 4.78 is 11.4. The lowest BCUT2D eigenvalue weighted by molar-refractivity contribution is 0.159. The highest BCUT2D eigenvalue weighted by Gasteiger charge is 2.31. The number of pyridine rings is 1. The van der Waals surface area contributed by atoms with Crippen LogP contribution in [0.4, 0.5) is 0 Å². The molecule has 0 saturated carbocycles. The van der Waals surface area contributed by atoms with Crippen LogP contribution in [0, 0.1) is 0 Å². The number of rotatable bonds is 8. The second-order valence-corrected chi connectivity index (χ2v) is 9.07. The van der Waals surface area contributed by atoms with E-state index < -0.39 is 0 Å². The van der Waals surface area contributed by atoms with Crippen LogP contribution < -0.4 is 14.8 Å². The molecule has 3 aromatic rings. The third kappa shape index (κ3) is 8.33. The first kappa shape index (κ1) is 25.1. The molecule has 0 radical (unpaired) electrons. The van der Waals surface area contributed by atoms with Gasteiger partial charge in [-0.25, -0.2) is 0 Å². The predicted octanol–water partition coefficient (Wildman–Crippen LogP) is 2.88. The van der Waals surface area contributed by atoms with E-state index in [-0.39, 0.29) is 24.3 Å². The highest BCUT2D eigenvalue weighted by molar-refractivity contribution is 5.21. The first-order valence-electron chi connectivity index (χ1n) is 12.2. The van der Waals surface area contributed by atoms with Crippen molar-refractivity contribution in [3.63, 3.8) is 0 Å². The van der Waals surface area contributed by atoms with Crippen molar-refractivity contribution >= 4 is 0 Å². The van der Waals surface area contributed by atoms with Gasteiger partial charge >= 0.3 is 0 Å². The number of benzene rings is 2. The van der Waals surface area contributed by atoms with Crippen molar-refractivity contribution in [3.8, 4) is 11.5 Å². The van der Waals surface area contributed by atoms with Gasteiger partial charge in [0.15, 0.2) is 0 Å². The van der Waals surface area contributed by atoms with Crippen molar-refractivity contribution in [2.75, 3.05) is 26.3 Å². The van der Waals surface area contributed by atoms with Crippen LogP contribution in [0.1, 0.15) is 18.4 Å². The number of para-hydroxylation sites is 2. The lowest BCUT2D eigenvalue weighted by Gasteiger charge is -2.24. The minimum Gasteiger partial charge on any atom is -0.492 e. The van der Waals surface area contributed by atoms with E-state index in [0.29, 0.717) is 26.3 Å². The molecule has 2 fully saturated rings. The van der Waals surface area contributed by atoms with Crippen LogP contribution in [0.2, 0.25) is 0 Å². The number of ether oxygens (including phenoxy) is 2. The number of β-amino-alcohol motifs (C(OH)–C–C–N with tert-alkyl or cyclic N) is 2. The number of likely N-dealkylation sites (tertiary alicyclic amines) is 1. The van der Waals surface area contributed by atoms with Crippen molar-refractivity contribution in [1.29, 1.82) is 0 Å². The fourth-order valence-corrected chi connectivity index (χ4v) is 4.39. The average molecular weight is 478 g/mol. The van der Waals surface area contributed by atoms with Crippen LogP contribution in [0.25, 0.3) is 0 Å². The highest BCUT2D eigenvalue weighted by Crippen LogP contribution is 2.22. The van der Waals surface area contributed by atoms with Gasteiger partial charge in [-0.3, -0.25) is 9.88 Å². The number of nitrogens with zero attached hydrogens (tertiary/aromatic N) is 2. The van der Waals surface area contributed by atoms with Crippen LogP contribution in [0.3, 0.4) is 0 Å². The Bertz CT molecular complexity index is 977.